The minimum atomic E-state index is -0.219. The maximum atomic E-state index is 12.6. The van der Waals surface area contributed by atoms with Crippen LogP contribution in [0, 0.1) is 0 Å². The lowest BCUT2D eigenvalue weighted by atomic mass is 10.1. The molecule has 122 valence electrons. The summed E-state index contributed by atoms with van der Waals surface area (Å²) in [6.45, 7) is 3.49. The number of ether oxygens (including phenoxy) is 2. The van der Waals surface area contributed by atoms with Gasteiger partial charge in [-0.1, -0.05) is 12.1 Å². The van der Waals surface area contributed by atoms with Crippen LogP contribution in [0.25, 0.3) is 0 Å². The predicted molar refractivity (Wildman–Crippen MR) is 85.5 cm³/mol. The number of nitrogens with zero attached hydrogens (tertiary/aromatic N) is 2. The van der Waals surface area contributed by atoms with Crippen molar-refractivity contribution in [1.82, 2.24) is 14.9 Å². The molecule has 0 spiro atoms. The van der Waals surface area contributed by atoms with Gasteiger partial charge in [0.25, 0.3) is 5.91 Å². The molecule has 2 heterocycles. The van der Waals surface area contributed by atoms with Crippen molar-refractivity contribution in [2.24, 2.45) is 0 Å². The summed E-state index contributed by atoms with van der Waals surface area (Å²) in [5, 5.41) is 3.06. The van der Waals surface area contributed by atoms with Crippen LogP contribution < -0.4 is 10.1 Å². The second-order valence-corrected chi connectivity index (χ2v) is 5.43. The van der Waals surface area contributed by atoms with Crippen LogP contribution in [0.4, 0.5) is 0 Å². The van der Waals surface area contributed by atoms with Crippen LogP contribution in [0.3, 0.4) is 0 Å². The number of benzene rings is 1. The Bertz CT molecular complexity index is 683. The molecule has 1 aliphatic rings. The third-order valence-corrected chi connectivity index (χ3v) is 4.10. The van der Waals surface area contributed by atoms with Crippen molar-refractivity contribution < 1.29 is 14.3 Å². The van der Waals surface area contributed by atoms with E-state index in [0.29, 0.717) is 17.9 Å². The Morgan fingerprint density at radius 3 is 3.09 bits per heavy atom. The van der Waals surface area contributed by atoms with E-state index in [1.54, 1.807) is 25.4 Å². The van der Waals surface area contributed by atoms with Crippen molar-refractivity contribution >= 4 is 5.91 Å². The van der Waals surface area contributed by atoms with Gasteiger partial charge in [-0.3, -0.25) is 4.79 Å². The topological polar surface area (TPSA) is 65.4 Å². The van der Waals surface area contributed by atoms with E-state index in [9.17, 15) is 4.79 Å². The molecule has 0 unspecified atom stereocenters. The fraction of sp³-hybridized carbons (Fsp3) is 0.412. The molecule has 1 fully saturated rings. The molecule has 1 aromatic carbocycles. The molecule has 6 nitrogen and oxygen atoms in total. The summed E-state index contributed by atoms with van der Waals surface area (Å²) in [6, 6.07) is 7.10. The van der Waals surface area contributed by atoms with Crippen molar-refractivity contribution in [3.05, 3.63) is 48.0 Å². The number of carbonyl (C=O) groups excluding carboxylic acids is 1. The van der Waals surface area contributed by atoms with E-state index >= 15 is 0 Å². The molecular formula is C17H21N3O3. The highest BCUT2D eigenvalue weighted by Crippen LogP contribution is 2.29. The van der Waals surface area contributed by atoms with Crippen molar-refractivity contribution in [3.63, 3.8) is 0 Å². The maximum Gasteiger partial charge on any atom is 0.255 e. The number of carbonyl (C=O) groups is 1. The van der Waals surface area contributed by atoms with Crippen LogP contribution in [0.1, 0.15) is 35.6 Å². The molecule has 1 N–H and O–H groups in total. The van der Waals surface area contributed by atoms with Gasteiger partial charge in [0.05, 0.1) is 18.7 Å². The first-order valence-electron chi connectivity index (χ1n) is 7.81. The number of hydrogen-bond acceptors (Lipinski definition) is 4. The first-order valence-corrected chi connectivity index (χ1v) is 7.81. The lowest BCUT2D eigenvalue weighted by Gasteiger charge is -2.20. The van der Waals surface area contributed by atoms with Crippen LogP contribution in [0.5, 0.6) is 5.75 Å². The zero-order valence-electron chi connectivity index (χ0n) is 13.4. The standard InChI is InChI=1S/C17H21N3O3/c1-3-20-10-9-18-16(20)15-13(8-11-23-15)19-17(21)12-6-4-5-7-14(12)22-2/h4-7,9-10,13,15H,3,8,11H2,1-2H3,(H,19,21)/t13-,15-/m0/s1. The molecule has 0 saturated carbocycles. The van der Waals surface area contributed by atoms with E-state index in [2.05, 4.69) is 17.2 Å². The minimum absolute atomic E-state index is 0.0971. The average molecular weight is 315 g/mol. The predicted octanol–water partition coefficient (Wildman–Crippen LogP) is 2.17. The Kier molecular flexibility index (Phi) is 4.62. The van der Waals surface area contributed by atoms with E-state index in [-0.39, 0.29) is 18.1 Å². The molecule has 0 radical (unpaired) electrons. The zero-order chi connectivity index (χ0) is 16.2. The summed E-state index contributed by atoms with van der Waals surface area (Å²) in [4.78, 5) is 17.0. The Morgan fingerprint density at radius 2 is 2.30 bits per heavy atom. The summed E-state index contributed by atoms with van der Waals surface area (Å²) in [7, 11) is 1.56. The molecule has 3 rings (SSSR count). The van der Waals surface area contributed by atoms with Crippen molar-refractivity contribution in [2.75, 3.05) is 13.7 Å². The van der Waals surface area contributed by atoms with Gasteiger partial charge in [0.2, 0.25) is 0 Å². The summed E-state index contributed by atoms with van der Waals surface area (Å²) in [5.41, 5.74) is 0.527. The molecule has 1 aromatic heterocycles. The summed E-state index contributed by atoms with van der Waals surface area (Å²) in [5.74, 6) is 1.27. The molecular weight excluding hydrogens is 294 g/mol. The van der Waals surface area contributed by atoms with Crippen molar-refractivity contribution in [1.29, 1.82) is 0 Å². The van der Waals surface area contributed by atoms with Crippen LogP contribution in [0.15, 0.2) is 36.7 Å². The molecule has 2 aromatic rings. The molecule has 1 aliphatic heterocycles. The number of imidazole rings is 1. The number of methoxy groups -OCH3 is 1. The molecule has 1 amide bonds. The first-order chi connectivity index (χ1) is 11.2. The average Bonchev–Trinajstić information content (AvgIpc) is 3.22. The third kappa shape index (κ3) is 3.07. The van der Waals surface area contributed by atoms with Crippen LogP contribution in [-0.2, 0) is 11.3 Å². The van der Waals surface area contributed by atoms with E-state index in [1.165, 1.54) is 0 Å². The monoisotopic (exact) mass is 315 g/mol. The van der Waals surface area contributed by atoms with E-state index in [4.69, 9.17) is 9.47 Å². The largest absolute Gasteiger partial charge is 0.496 e. The van der Waals surface area contributed by atoms with Crippen LogP contribution in [0.2, 0.25) is 0 Å². The fourth-order valence-electron chi connectivity index (χ4n) is 2.92. The van der Waals surface area contributed by atoms with E-state index in [0.717, 1.165) is 18.8 Å². The lowest BCUT2D eigenvalue weighted by Crippen LogP contribution is -2.37. The quantitative estimate of drug-likeness (QED) is 0.918. The van der Waals surface area contributed by atoms with Gasteiger partial charge in [0, 0.05) is 25.5 Å². The summed E-state index contributed by atoms with van der Waals surface area (Å²) >= 11 is 0. The summed E-state index contributed by atoms with van der Waals surface area (Å²) < 4.78 is 13.1. The van der Waals surface area contributed by atoms with E-state index in [1.807, 2.05) is 22.9 Å². The zero-order valence-corrected chi connectivity index (χ0v) is 13.4. The normalized spacial score (nSPS) is 20.4. The number of para-hydroxylation sites is 1. The van der Waals surface area contributed by atoms with Crippen molar-refractivity contribution in [3.8, 4) is 5.75 Å². The second-order valence-electron chi connectivity index (χ2n) is 5.43. The highest BCUT2D eigenvalue weighted by atomic mass is 16.5. The van der Waals surface area contributed by atoms with Gasteiger partial charge in [-0.2, -0.15) is 0 Å². The Morgan fingerprint density at radius 1 is 1.48 bits per heavy atom. The van der Waals surface area contributed by atoms with Crippen LogP contribution in [-0.4, -0.2) is 35.2 Å². The molecule has 0 aliphatic carbocycles. The number of aryl methyl sites for hydroxylation is 1. The van der Waals surface area contributed by atoms with Gasteiger partial charge >= 0.3 is 0 Å². The lowest BCUT2D eigenvalue weighted by molar-refractivity contribution is 0.0774. The highest BCUT2D eigenvalue weighted by molar-refractivity contribution is 5.97. The van der Waals surface area contributed by atoms with Gasteiger partial charge in [-0.15, -0.1) is 0 Å². The van der Waals surface area contributed by atoms with Gasteiger partial charge < -0.3 is 19.4 Å². The smallest absolute Gasteiger partial charge is 0.255 e. The Balaban J connectivity index is 1.77. The second kappa shape index (κ2) is 6.83. The number of nitrogens with one attached hydrogen (secondary N) is 1. The van der Waals surface area contributed by atoms with Crippen molar-refractivity contribution in [2.45, 2.75) is 32.0 Å². The van der Waals surface area contributed by atoms with Gasteiger partial charge in [0.15, 0.2) is 0 Å². The third-order valence-electron chi connectivity index (χ3n) is 4.10. The SMILES string of the molecule is CCn1ccnc1[C@H]1OCC[C@@H]1NC(=O)c1ccccc1OC. The summed E-state index contributed by atoms with van der Waals surface area (Å²) in [6.07, 6.45) is 4.24. The molecule has 2 atom stereocenters. The molecule has 0 bridgehead atoms. The molecule has 1 saturated heterocycles. The number of rotatable bonds is 5. The highest BCUT2D eigenvalue weighted by Gasteiger charge is 2.34. The van der Waals surface area contributed by atoms with Crippen LogP contribution >= 0.6 is 0 Å². The minimum Gasteiger partial charge on any atom is -0.496 e. The Labute approximate surface area is 135 Å². The maximum absolute atomic E-state index is 12.6. The Hall–Kier alpha value is -2.34. The van der Waals surface area contributed by atoms with Gasteiger partial charge in [-0.25, -0.2) is 4.98 Å². The molecule has 23 heavy (non-hydrogen) atoms. The van der Waals surface area contributed by atoms with E-state index < -0.39 is 0 Å². The number of aromatic nitrogens is 2. The molecule has 6 heteroatoms. The fourth-order valence-corrected chi connectivity index (χ4v) is 2.92. The number of hydrogen-bond donors (Lipinski definition) is 1. The number of amides is 1. The first kappa shape index (κ1) is 15.6. The van der Waals surface area contributed by atoms with Gasteiger partial charge in [-0.05, 0) is 25.5 Å². The van der Waals surface area contributed by atoms with Gasteiger partial charge in [0.1, 0.15) is 17.7 Å².